The molecule has 2 fully saturated rings. The summed E-state index contributed by atoms with van der Waals surface area (Å²) in [5.74, 6) is 0.109. The lowest BCUT2D eigenvalue weighted by molar-refractivity contribution is -0.144. The van der Waals surface area contributed by atoms with E-state index in [2.05, 4.69) is 33.0 Å². The lowest BCUT2D eigenvalue weighted by Crippen LogP contribution is -2.30. The van der Waals surface area contributed by atoms with Gasteiger partial charge in [0.15, 0.2) is 0 Å². The lowest BCUT2D eigenvalue weighted by atomic mass is 9.80. The molecular formula is C27H53NO2. The van der Waals surface area contributed by atoms with Crippen molar-refractivity contribution in [2.45, 2.75) is 149 Å². The molecule has 2 aliphatic heterocycles. The molecule has 2 rings (SSSR count). The van der Waals surface area contributed by atoms with Crippen LogP contribution in [0.5, 0.6) is 0 Å². The molecule has 3 atom stereocenters. The van der Waals surface area contributed by atoms with E-state index in [1.165, 1.54) is 96.4 Å². The Labute approximate surface area is 188 Å². The number of carbonyl (C=O) groups excluding carboxylic acids is 1. The number of nitrogens with one attached hydrogen (secondary N) is 1. The lowest BCUT2D eigenvalue weighted by Gasteiger charge is -2.27. The van der Waals surface area contributed by atoms with Crippen LogP contribution in [-0.4, -0.2) is 24.7 Å². The largest absolute Gasteiger partial charge is 0.462 e. The van der Waals surface area contributed by atoms with Crippen LogP contribution < -0.4 is 5.32 Å². The third-order valence-electron chi connectivity index (χ3n) is 6.85. The first-order valence-corrected chi connectivity index (χ1v) is 13.3. The van der Waals surface area contributed by atoms with Crippen molar-refractivity contribution in [3.8, 4) is 0 Å². The molecule has 3 nitrogen and oxygen atoms in total. The van der Waals surface area contributed by atoms with Crippen LogP contribution in [0.1, 0.15) is 137 Å². The Balaban J connectivity index is 0.000000539. The number of unbranched alkanes of at least 4 members (excludes halogenated alkanes) is 9. The van der Waals surface area contributed by atoms with Gasteiger partial charge in [-0.1, -0.05) is 98.3 Å². The molecule has 0 spiro atoms. The van der Waals surface area contributed by atoms with E-state index in [0.717, 1.165) is 18.9 Å². The van der Waals surface area contributed by atoms with Crippen molar-refractivity contribution in [3.63, 3.8) is 0 Å². The van der Waals surface area contributed by atoms with E-state index in [9.17, 15) is 4.79 Å². The minimum atomic E-state index is 0.00439. The van der Waals surface area contributed by atoms with E-state index in [4.69, 9.17) is 4.74 Å². The first kappa shape index (κ1) is 27.5. The molecule has 3 heteroatoms. The Morgan fingerprint density at radius 3 is 1.97 bits per heavy atom. The molecule has 3 unspecified atom stereocenters. The highest BCUT2D eigenvalue weighted by Crippen LogP contribution is 2.35. The zero-order chi connectivity index (χ0) is 22.2. The molecule has 178 valence electrons. The highest BCUT2D eigenvalue weighted by Gasteiger charge is 2.34. The van der Waals surface area contributed by atoms with Crippen molar-refractivity contribution >= 4 is 5.97 Å². The first-order chi connectivity index (χ1) is 14.3. The van der Waals surface area contributed by atoms with Gasteiger partial charge in [-0.25, -0.2) is 0 Å². The molecule has 0 aromatic rings. The Morgan fingerprint density at radius 2 is 1.53 bits per heavy atom. The van der Waals surface area contributed by atoms with Crippen molar-refractivity contribution in [3.05, 3.63) is 0 Å². The maximum atomic E-state index is 11.5. The Kier molecular flexibility index (Phi) is 14.8. The van der Waals surface area contributed by atoms with Crippen LogP contribution in [-0.2, 0) is 9.53 Å². The van der Waals surface area contributed by atoms with Gasteiger partial charge in [-0.2, -0.15) is 0 Å². The van der Waals surface area contributed by atoms with Crippen LogP contribution in [0.3, 0.4) is 0 Å². The zero-order valence-corrected chi connectivity index (χ0v) is 21.1. The van der Waals surface area contributed by atoms with Gasteiger partial charge in [0.05, 0.1) is 5.92 Å². The SMILES string of the molecule is CC1CCCCN1.CCCCCCCCCCCCC(C)(C)CC1CC(C)C(=O)O1. The molecule has 0 bridgehead atoms. The molecular weight excluding hydrogens is 370 g/mol. The van der Waals surface area contributed by atoms with Crippen molar-refractivity contribution in [1.82, 2.24) is 5.32 Å². The summed E-state index contributed by atoms with van der Waals surface area (Å²) < 4.78 is 5.47. The normalized spacial score (nSPS) is 24.3. The summed E-state index contributed by atoms with van der Waals surface area (Å²) in [5.41, 5.74) is 0.301. The molecule has 0 aromatic heterocycles. The van der Waals surface area contributed by atoms with E-state index >= 15 is 0 Å². The fourth-order valence-corrected chi connectivity index (χ4v) is 4.78. The summed E-state index contributed by atoms with van der Waals surface area (Å²) in [6, 6.07) is 0.786. The third kappa shape index (κ3) is 13.7. The van der Waals surface area contributed by atoms with Crippen molar-refractivity contribution in [1.29, 1.82) is 0 Å². The standard InChI is InChI=1S/C21H40O2.C6H13N/c1-5-6-7-8-9-10-11-12-13-14-15-21(3,4)17-19-16-18(2)20(22)23-19;1-6-4-2-3-5-7-6/h18-19H,5-17H2,1-4H3;6-7H,2-5H2,1H3. The number of hydrogen-bond donors (Lipinski definition) is 1. The maximum absolute atomic E-state index is 11.5. The average molecular weight is 424 g/mol. The fraction of sp³-hybridized carbons (Fsp3) is 0.963. The van der Waals surface area contributed by atoms with E-state index < -0.39 is 0 Å². The molecule has 2 saturated heterocycles. The maximum Gasteiger partial charge on any atom is 0.309 e. The fourth-order valence-electron chi connectivity index (χ4n) is 4.78. The van der Waals surface area contributed by atoms with Crippen molar-refractivity contribution in [2.24, 2.45) is 11.3 Å². The minimum Gasteiger partial charge on any atom is -0.462 e. The van der Waals surface area contributed by atoms with Crippen LogP contribution in [0.4, 0.5) is 0 Å². The molecule has 2 heterocycles. The number of rotatable bonds is 13. The number of ether oxygens (including phenoxy) is 1. The quantitative estimate of drug-likeness (QED) is 0.242. The summed E-state index contributed by atoms with van der Waals surface area (Å²) in [6.45, 7) is 12.4. The average Bonchev–Trinajstić information content (AvgIpc) is 3.00. The van der Waals surface area contributed by atoms with Crippen LogP contribution in [0.25, 0.3) is 0 Å². The summed E-state index contributed by atoms with van der Waals surface area (Å²) in [6.07, 6.45) is 21.5. The molecule has 0 radical (unpaired) electrons. The Bertz CT molecular complexity index is 429. The van der Waals surface area contributed by atoms with Gasteiger partial charge in [0.2, 0.25) is 0 Å². The number of carbonyl (C=O) groups is 1. The van der Waals surface area contributed by atoms with Gasteiger partial charge in [0, 0.05) is 6.04 Å². The summed E-state index contributed by atoms with van der Waals surface area (Å²) in [5, 5.41) is 3.38. The molecule has 30 heavy (non-hydrogen) atoms. The van der Waals surface area contributed by atoms with E-state index in [0.29, 0.717) is 5.41 Å². The third-order valence-corrected chi connectivity index (χ3v) is 6.85. The number of esters is 1. The monoisotopic (exact) mass is 423 g/mol. The van der Waals surface area contributed by atoms with Crippen LogP contribution in [0, 0.1) is 11.3 Å². The minimum absolute atomic E-state index is 0.00439. The van der Waals surface area contributed by atoms with Crippen LogP contribution >= 0.6 is 0 Å². The van der Waals surface area contributed by atoms with Gasteiger partial charge >= 0.3 is 5.97 Å². The zero-order valence-electron chi connectivity index (χ0n) is 21.1. The number of cyclic esters (lactones) is 1. The highest BCUT2D eigenvalue weighted by atomic mass is 16.5. The van der Waals surface area contributed by atoms with Crippen molar-refractivity contribution in [2.75, 3.05) is 6.54 Å². The predicted molar refractivity (Wildman–Crippen MR) is 130 cm³/mol. The molecule has 2 aliphatic rings. The second-order valence-electron chi connectivity index (χ2n) is 10.8. The summed E-state index contributed by atoms with van der Waals surface area (Å²) >= 11 is 0. The van der Waals surface area contributed by atoms with Gasteiger partial charge in [0.25, 0.3) is 0 Å². The number of piperidine rings is 1. The van der Waals surface area contributed by atoms with Crippen LogP contribution in [0.2, 0.25) is 0 Å². The first-order valence-electron chi connectivity index (χ1n) is 13.3. The Morgan fingerprint density at radius 1 is 0.933 bits per heavy atom. The van der Waals surface area contributed by atoms with Gasteiger partial charge in [0.1, 0.15) is 6.10 Å². The van der Waals surface area contributed by atoms with Gasteiger partial charge in [-0.3, -0.25) is 4.79 Å². The predicted octanol–water partition coefficient (Wildman–Crippen LogP) is 7.81. The second kappa shape index (κ2) is 16.1. The smallest absolute Gasteiger partial charge is 0.309 e. The summed E-state index contributed by atoms with van der Waals surface area (Å²) in [4.78, 5) is 11.5. The highest BCUT2D eigenvalue weighted by molar-refractivity contribution is 5.74. The topological polar surface area (TPSA) is 38.3 Å². The van der Waals surface area contributed by atoms with Gasteiger partial charge < -0.3 is 10.1 Å². The molecule has 0 amide bonds. The Hall–Kier alpha value is -0.570. The molecule has 0 saturated carbocycles. The summed E-state index contributed by atoms with van der Waals surface area (Å²) in [7, 11) is 0. The molecule has 0 aromatic carbocycles. The van der Waals surface area contributed by atoms with Gasteiger partial charge in [-0.05, 0) is 51.0 Å². The molecule has 1 N–H and O–H groups in total. The van der Waals surface area contributed by atoms with E-state index in [-0.39, 0.29) is 18.0 Å². The number of hydrogen-bond acceptors (Lipinski definition) is 3. The van der Waals surface area contributed by atoms with Gasteiger partial charge in [-0.15, -0.1) is 0 Å². The van der Waals surface area contributed by atoms with E-state index in [1.54, 1.807) is 0 Å². The van der Waals surface area contributed by atoms with E-state index in [1.807, 2.05) is 6.92 Å². The van der Waals surface area contributed by atoms with Crippen LogP contribution in [0.15, 0.2) is 0 Å². The molecule has 0 aliphatic carbocycles. The second-order valence-corrected chi connectivity index (χ2v) is 10.8. The van der Waals surface area contributed by atoms with Crippen molar-refractivity contribution < 1.29 is 9.53 Å².